The summed E-state index contributed by atoms with van der Waals surface area (Å²) < 4.78 is 0.549. The lowest BCUT2D eigenvalue weighted by Crippen LogP contribution is -2.29. The van der Waals surface area contributed by atoms with E-state index in [1.54, 1.807) is 0 Å². The average Bonchev–Trinajstić information content (AvgIpc) is 2.19. The molecule has 0 saturated carbocycles. The second-order valence-electron chi connectivity index (χ2n) is 3.28. The highest BCUT2D eigenvalue weighted by atomic mass is 79.9. The van der Waals surface area contributed by atoms with Crippen LogP contribution in [0.5, 0.6) is 0 Å². The number of hydrogen-bond acceptors (Lipinski definition) is 4. The number of carbonyl (C=O) groups is 1. The maximum absolute atomic E-state index is 11.3. The number of carbonyl (C=O) groups excluding carboxylic acids is 1. The summed E-state index contributed by atoms with van der Waals surface area (Å²) in [7, 11) is 0. The molecule has 0 saturated heterocycles. The fourth-order valence-corrected chi connectivity index (χ4v) is 1.58. The molecule has 1 aromatic rings. The van der Waals surface area contributed by atoms with Gasteiger partial charge in [-0.1, -0.05) is 0 Å². The van der Waals surface area contributed by atoms with Crippen LogP contribution in [0.1, 0.15) is 18.1 Å². The smallest absolute Gasteiger partial charge is 0.253 e. The second kappa shape index (κ2) is 5.24. The number of aliphatic hydroxyl groups is 2. The van der Waals surface area contributed by atoms with Gasteiger partial charge in [-0.05, 0) is 22.0 Å². The third-order valence-corrected chi connectivity index (χ3v) is 2.45. The van der Waals surface area contributed by atoms with Crippen molar-refractivity contribution in [3.8, 4) is 0 Å². The highest BCUT2D eigenvalue weighted by Crippen LogP contribution is 2.18. The van der Waals surface area contributed by atoms with Crippen molar-refractivity contribution in [3.63, 3.8) is 0 Å². The SMILES string of the molecule is NC(=O)CC(O)C(O)c1cc(Br)c[nH]c1=O. The van der Waals surface area contributed by atoms with E-state index in [2.05, 4.69) is 20.9 Å². The molecule has 0 radical (unpaired) electrons. The van der Waals surface area contributed by atoms with Gasteiger partial charge >= 0.3 is 0 Å². The first-order chi connectivity index (χ1) is 7.41. The molecule has 16 heavy (non-hydrogen) atoms. The molecule has 6 nitrogen and oxygen atoms in total. The number of pyridine rings is 1. The van der Waals surface area contributed by atoms with E-state index >= 15 is 0 Å². The van der Waals surface area contributed by atoms with Crippen LogP contribution in [0, 0.1) is 0 Å². The lowest BCUT2D eigenvalue weighted by molar-refractivity contribution is -0.121. The van der Waals surface area contributed by atoms with Gasteiger partial charge in [0, 0.05) is 16.2 Å². The molecule has 0 aliphatic rings. The van der Waals surface area contributed by atoms with Crippen LogP contribution >= 0.6 is 15.9 Å². The Morgan fingerprint density at radius 1 is 1.56 bits per heavy atom. The Bertz CT molecular complexity index is 445. The van der Waals surface area contributed by atoms with Gasteiger partial charge in [-0.15, -0.1) is 0 Å². The molecule has 0 aromatic carbocycles. The minimum absolute atomic E-state index is 0.0249. The van der Waals surface area contributed by atoms with Crippen molar-refractivity contribution in [2.24, 2.45) is 5.73 Å². The van der Waals surface area contributed by atoms with Gasteiger partial charge in [-0.25, -0.2) is 0 Å². The molecule has 7 heteroatoms. The van der Waals surface area contributed by atoms with Crippen LogP contribution in [0.15, 0.2) is 21.5 Å². The third-order valence-electron chi connectivity index (χ3n) is 1.99. The molecule has 2 unspecified atom stereocenters. The van der Waals surface area contributed by atoms with E-state index in [1.165, 1.54) is 12.3 Å². The maximum Gasteiger partial charge on any atom is 0.253 e. The number of primary amides is 1. The summed E-state index contributed by atoms with van der Waals surface area (Å²) in [4.78, 5) is 24.3. The van der Waals surface area contributed by atoms with Gasteiger partial charge in [-0.3, -0.25) is 9.59 Å². The van der Waals surface area contributed by atoms with Gasteiger partial charge in [0.2, 0.25) is 5.91 Å². The van der Waals surface area contributed by atoms with Crippen molar-refractivity contribution in [2.75, 3.05) is 0 Å². The number of aromatic amines is 1. The zero-order chi connectivity index (χ0) is 12.3. The van der Waals surface area contributed by atoms with Gasteiger partial charge in [-0.2, -0.15) is 0 Å². The van der Waals surface area contributed by atoms with E-state index in [1.807, 2.05) is 0 Å². The largest absolute Gasteiger partial charge is 0.390 e. The van der Waals surface area contributed by atoms with Gasteiger partial charge in [0.05, 0.1) is 12.5 Å². The summed E-state index contributed by atoms with van der Waals surface area (Å²) >= 11 is 3.11. The highest BCUT2D eigenvalue weighted by Gasteiger charge is 2.22. The maximum atomic E-state index is 11.3. The fourth-order valence-electron chi connectivity index (χ4n) is 1.22. The lowest BCUT2D eigenvalue weighted by Gasteiger charge is -2.15. The molecular weight excluding hydrogens is 280 g/mol. The third kappa shape index (κ3) is 3.16. The molecule has 0 spiro atoms. The van der Waals surface area contributed by atoms with Crippen LogP contribution in [0.25, 0.3) is 0 Å². The molecule has 0 bridgehead atoms. The van der Waals surface area contributed by atoms with Crippen molar-refractivity contribution in [1.82, 2.24) is 4.98 Å². The number of aromatic nitrogens is 1. The number of H-pyrrole nitrogens is 1. The van der Waals surface area contributed by atoms with E-state index < -0.39 is 30.1 Å². The van der Waals surface area contributed by atoms with Crippen molar-refractivity contribution in [3.05, 3.63) is 32.7 Å². The quantitative estimate of drug-likeness (QED) is 0.593. The Hall–Kier alpha value is -1.18. The molecule has 0 fully saturated rings. The molecule has 1 rings (SSSR count). The van der Waals surface area contributed by atoms with Gasteiger partial charge in [0.25, 0.3) is 5.56 Å². The topological polar surface area (TPSA) is 116 Å². The van der Waals surface area contributed by atoms with Crippen molar-refractivity contribution in [2.45, 2.75) is 18.6 Å². The number of hydrogen-bond donors (Lipinski definition) is 4. The molecule has 1 heterocycles. The Labute approximate surface area is 99.2 Å². The zero-order valence-electron chi connectivity index (χ0n) is 8.18. The van der Waals surface area contributed by atoms with Crippen molar-refractivity contribution < 1.29 is 15.0 Å². The molecular formula is C9H11BrN2O4. The summed E-state index contributed by atoms with van der Waals surface area (Å²) in [5.41, 5.74) is 4.32. The summed E-state index contributed by atoms with van der Waals surface area (Å²) in [6.07, 6.45) is -1.85. The standard InChI is InChI=1S/C9H11BrN2O4/c10-4-1-5(9(16)12-3-4)8(15)6(13)2-7(11)14/h1,3,6,8,13,15H,2H2,(H2,11,14)(H,12,16). The Balaban J connectivity index is 2.95. The predicted molar refractivity (Wildman–Crippen MR) is 59.5 cm³/mol. The average molecular weight is 291 g/mol. The van der Waals surface area contributed by atoms with E-state index in [0.717, 1.165) is 0 Å². The van der Waals surface area contributed by atoms with Crippen LogP contribution in [0.3, 0.4) is 0 Å². The minimum atomic E-state index is -1.45. The molecule has 5 N–H and O–H groups in total. The van der Waals surface area contributed by atoms with E-state index in [-0.39, 0.29) is 5.56 Å². The number of halogens is 1. The lowest BCUT2D eigenvalue weighted by atomic mass is 10.0. The molecule has 0 aliphatic carbocycles. The second-order valence-corrected chi connectivity index (χ2v) is 4.20. The number of rotatable bonds is 4. The van der Waals surface area contributed by atoms with Crippen LogP contribution < -0.4 is 11.3 Å². The van der Waals surface area contributed by atoms with Crippen LogP contribution in [0.4, 0.5) is 0 Å². The molecule has 88 valence electrons. The number of nitrogens with one attached hydrogen (secondary N) is 1. The van der Waals surface area contributed by atoms with Crippen LogP contribution in [-0.4, -0.2) is 27.2 Å². The van der Waals surface area contributed by atoms with E-state index in [4.69, 9.17) is 5.73 Å². The number of nitrogens with two attached hydrogens (primary N) is 1. The van der Waals surface area contributed by atoms with E-state index in [0.29, 0.717) is 4.47 Å². The van der Waals surface area contributed by atoms with Crippen molar-refractivity contribution >= 4 is 21.8 Å². The van der Waals surface area contributed by atoms with Crippen LogP contribution in [0.2, 0.25) is 0 Å². The first-order valence-corrected chi connectivity index (χ1v) is 5.23. The van der Waals surface area contributed by atoms with E-state index in [9.17, 15) is 19.8 Å². The molecule has 2 atom stereocenters. The number of amides is 1. The monoisotopic (exact) mass is 290 g/mol. The van der Waals surface area contributed by atoms with Crippen LogP contribution in [-0.2, 0) is 4.79 Å². The highest BCUT2D eigenvalue weighted by molar-refractivity contribution is 9.10. The molecule has 1 amide bonds. The van der Waals surface area contributed by atoms with Gasteiger partial charge in [0.15, 0.2) is 0 Å². The Morgan fingerprint density at radius 3 is 2.75 bits per heavy atom. The molecule has 1 aromatic heterocycles. The van der Waals surface area contributed by atoms with Gasteiger partial charge in [0.1, 0.15) is 6.10 Å². The Kier molecular flexibility index (Phi) is 4.22. The first-order valence-electron chi connectivity index (χ1n) is 4.44. The zero-order valence-corrected chi connectivity index (χ0v) is 9.77. The Morgan fingerprint density at radius 2 is 2.19 bits per heavy atom. The van der Waals surface area contributed by atoms with Crippen molar-refractivity contribution in [1.29, 1.82) is 0 Å². The first kappa shape index (κ1) is 12.9. The fraction of sp³-hybridized carbons (Fsp3) is 0.333. The number of aliphatic hydroxyl groups excluding tert-OH is 2. The minimum Gasteiger partial charge on any atom is -0.390 e. The summed E-state index contributed by atoms with van der Waals surface area (Å²) in [5.74, 6) is -0.752. The normalized spacial score (nSPS) is 14.4. The van der Waals surface area contributed by atoms with Gasteiger partial charge < -0.3 is 20.9 Å². The predicted octanol–water partition coefficient (Wildman–Crippen LogP) is -0.593. The molecule has 0 aliphatic heterocycles. The summed E-state index contributed by atoms with van der Waals surface area (Å²) in [6, 6.07) is 1.37. The summed E-state index contributed by atoms with van der Waals surface area (Å²) in [6.45, 7) is 0. The summed E-state index contributed by atoms with van der Waals surface area (Å²) in [5, 5.41) is 19.1.